The molecule has 4 rings (SSSR count). The number of imide groups is 1. The number of nitrogens with zero attached hydrogens (tertiary/aromatic N) is 2. The van der Waals surface area contributed by atoms with Crippen LogP contribution in [-0.2, 0) is 20.8 Å². The first-order valence-electron chi connectivity index (χ1n) is 10.7. The number of nitrogens with one attached hydrogen (secondary N) is 1. The molecule has 0 spiro atoms. The zero-order chi connectivity index (χ0) is 21.4. The topological polar surface area (TPSA) is 110 Å². The molecular formula is C22H29N3O5. The largest absolute Gasteiger partial charge is 0.481 e. The number of piperidine rings is 1. The molecule has 2 fully saturated rings. The predicted octanol–water partition coefficient (Wildman–Crippen LogP) is 1.85. The van der Waals surface area contributed by atoms with Gasteiger partial charge in [0.05, 0.1) is 11.4 Å². The van der Waals surface area contributed by atoms with Gasteiger partial charge in [-0.3, -0.25) is 19.7 Å². The summed E-state index contributed by atoms with van der Waals surface area (Å²) in [6.07, 6.45) is 4.89. The summed E-state index contributed by atoms with van der Waals surface area (Å²) in [4.78, 5) is 38.2. The van der Waals surface area contributed by atoms with Crippen molar-refractivity contribution in [1.29, 1.82) is 0 Å². The van der Waals surface area contributed by atoms with Gasteiger partial charge in [-0.05, 0) is 68.1 Å². The van der Waals surface area contributed by atoms with Gasteiger partial charge in [0.2, 0.25) is 18.2 Å². The molecule has 8 heteroatoms. The van der Waals surface area contributed by atoms with Crippen LogP contribution in [0.15, 0.2) is 18.2 Å². The molecule has 1 saturated carbocycles. The fraction of sp³-hybridized carbons (Fsp3) is 0.591. The molecular weight excluding hydrogens is 386 g/mol. The molecule has 2 atom stereocenters. The molecule has 0 radical (unpaired) electrons. The first kappa shape index (κ1) is 20.7. The molecule has 1 saturated heterocycles. The second kappa shape index (κ2) is 8.26. The molecule has 30 heavy (non-hydrogen) atoms. The molecule has 1 aromatic rings. The fourth-order valence-corrected chi connectivity index (χ4v) is 5.13. The lowest BCUT2D eigenvalue weighted by molar-refractivity contribution is -0.138. The zero-order valence-corrected chi connectivity index (χ0v) is 17.2. The number of carboxylic acid groups (broad SMARTS) is 1. The first-order chi connectivity index (χ1) is 14.3. The predicted molar refractivity (Wildman–Crippen MR) is 111 cm³/mol. The van der Waals surface area contributed by atoms with Crippen molar-refractivity contribution < 1.29 is 24.6 Å². The van der Waals surface area contributed by atoms with Crippen LogP contribution in [0, 0.1) is 11.8 Å². The Kier molecular flexibility index (Phi) is 5.69. The molecule has 1 aliphatic carbocycles. The van der Waals surface area contributed by atoms with Gasteiger partial charge in [-0.15, -0.1) is 0 Å². The SMILES string of the molecule is CN1c2cc(C[C@H]3CC[C@@H](CC(=O)O)CC3)ccc2N([C@@H]2CCC(=O)NC2=O)C1O. The second-order valence-electron chi connectivity index (χ2n) is 8.84. The molecule has 1 aromatic carbocycles. The van der Waals surface area contributed by atoms with E-state index in [-0.39, 0.29) is 24.7 Å². The van der Waals surface area contributed by atoms with Gasteiger partial charge in [-0.1, -0.05) is 6.07 Å². The summed E-state index contributed by atoms with van der Waals surface area (Å²) in [6.45, 7) is 0. The van der Waals surface area contributed by atoms with Crippen LogP contribution in [-0.4, -0.2) is 47.4 Å². The van der Waals surface area contributed by atoms with Gasteiger partial charge in [-0.25, -0.2) is 0 Å². The average molecular weight is 415 g/mol. The van der Waals surface area contributed by atoms with Crippen molar-refractivity contribution >= 4 is 29.2 Å². The van der Waals surface area contributed by atoms with Crippen LogP contribution in [0.5, 0.6) is 0 Å². The number of anilines is 2. The lowest BCUT2D eigenvalue weighted by Gasteiger charge is -2.34. The minimum Gasteiger partial charge on any atom is -0.481 e. The number of fused-ring (bicyclic) bond motifs is 1. The summed E-state index contributed by atoms with van der Waals surface area (Å²) in [6, 6.07) is 5.51. The Labute approximate surface area is 175 Å². The smallest absolute Gasteiger partial charge is 0.303 e. The monoisotopic (exact) mass is 415 g/mol. The molecule has 0 aromatic heterocycles. The average Bonchev–Trinajstić information content (AvgIpc) is 2.94. The number of benzene rings is 1. The number of carbonyl (C=O) groups is 3. The highest BCUT2D eigenvalue weighted by Crippen LogP contribution is 2.42. The summed E-state index contributed by atoms with van der Waals surface area (Å²) in [7, 11) is 1.80. The van der Waals surface area contributed by atoms with Gasteiger partial charge >= 0.3 is 5.97 Å². The van der Waals surface area contributed by atoms with E-state index in [1.807, 2.05) is 12.1 Å². The number of hydrogen-bond donors (Lipinski definition) is 3. The quantitative estimate of drug-likeness (QED) is 0.630. The van der Waals surface area contributed by atoms with E-state index in [0.717, 1.165) is 43.5 Å². The Morgan fingerprint density at radius 3 is 2.47 bits per heavy atom. The Bertz CT molecular complexity index is 849. The number of aliphatic hydroxyl groups is 1. The summed E-state index contributed by atoms with van der Waals surface area (Å²) in [5.41, 5.74) is 2.86. The normalized spacial score (nSPS) is 29.0. The molecule has 8 nitrogen and oxygen atoms in total. The van der Waals surface area contributed by atoms with Crippen molar-refractivity contribution in [2.75, 3.05) is 16.8 Å². The van der Waals surface area contributed by atoms with Crippen LogP contribution in [0.3, 0.4) is 0 Å². The first-order valence-corrected chi connectivity index (χ1v) is 10.7. The van der Waals surface area contributed by atoms with Crippen molar-refractivity contribution in [3.63, 3.8) is 0 Å². The highest BCUT2D eigenvalue weighted by atomic mass is 16.4. The molecule has 2 amide bonds. The molecule has 2 aliphatic heterocycles. The van der Waals surface area contributed by atoms with Crippen molar-refractivity contribution in [3.8, 4) is 0 Å². The number of aliphatic hydroxyl groups excluding tert-OH is 1. The minimum absolute atomic E-state index is 0.265. The van der Waals surface area contributed by atoms with Crippen molar-refractivity contribution in [1.82, 2.24) is 5.32 Å². The molecule has 3 N–H and O–H groups in total. The maximum Gasteiger partial charge on any atom is 0.303 e. The Morgan fingerprint density at radius 1 is 1.10 bits per heavy atom. The summed E-state index contributed by atoms with van der Waals surface area (Å²) in [5, 5.41) is 22.1. The van der Waals surface area contributed by atoms with Crippen LogP contribution in [0.1, 0.15) is 50.5 Å². The van der Waals surface area contributed by atoms with Crippen LogP contribution in [0.4, 0.5) is 11.4 Å². The van der Waals surface area contributed by atoms with E-state index < -0.39 is 18.4 Å². The number of carboxylic acids is 1. The molecule has 162 valence electrons. The molecule has 0 bridgehead atoms. The number of hydrogen-bond acceptors (Lipinski definition) is 6. The Balaban J connectivity index is 1.45. The van der Waals surface area contributed by atoms with E-state index >= 15 is 0 Å². The third-order valence-electron chi connectivity index (χ3n) is 6.79. The minimum atomic E-state index is -0.953. The molecule has 3 aliphatic rings. The van der Waals surface area contributed by atoms with Gasteiger partial charge < -0.3 is 20.0 Å². The van der Waals surface area contributed by atoms with E-state index in [1.54, 1.807) is 16.8 Å². The number of amides is 2. The van der Waals surface area contributed by atoms with Crippen molar-refractivity contribution in [2.24, 2.45) is 11.8 Å². The third-order valence-corrected chi connectivity index (χ3v) is 6.79. The number of rotatable bonds is 5. The standard InChI is InChI=1S/C22H29N3O5/c1-24-18-11-15(10-13-2-4-14(5-3-13)12-20(27)28)6-7-16(18)25(22(24)30)17-8-9-19(26)23-21(17)29/h6-7,11,13-14,17,22,30H,2-5,8-10,12H2,1H3,(H,27,28)(H,23,26,29)/t13-,14+,17-,22?/m1/s1. The van der Waals surface area contributed by atoms with Crippen molar-refractivity contribution in [3.05, 3.63) is 23.8 Å². The van der Waals surface area contributed by atoms with E-state index in [1.165, 1.54) is 5.56 Å². The number of carbonyl (C=O) groups excluding carboxylic acids is 2. The van der Waals surface area contributed by atoms with E-state index in [9.17, 15) is 19.5 Å². The number of aliphatic carboxylic acids is 1. The molecule has 1 unspecified atom stereocenters. The summed E-state index contributed by atoms with van der Waals surface area (Å²) >= 11 is 0. The maximum atomic E-state index is 12.3. The van der Waals surface area contributed by atoms with Crippen LogP contribution >= 0.6 is 0 Å². The Morgan fingerprint density at radius 2 is 1.80 bits per heavy atom. The third kappa shape index (κ3) is 4.01. The summed E-state index contributed by atoms with van der Waals surface area (Å²) < 4.78 is 0. The van der Waals surface area contributed by atoms with Crippen LogP contribution in [0.25, 0.3) is 0 Å². The van der Waals surface area contributed by atoms with Crippen LogP contribution < -0.4 is 15.1 Å². The van der Waals surface area contributed by atoms with E-state index in [2.05, 4.69) is 11.4 Å². The van der Waals surface area contributed by atoms with E-state index in [0.29, 0.717) is 18.3 Å². The van der Waals surface area contributed by atoms with Gasteiger partial charge in [0.15, 0.2) is 0 Å². The lowest BCUT2D eigenvalue weighted by Crippen LogP contribution is -2.56. The van der Waals surface area contributed by atoms with Gasteiger partial charge in [-0.2, -0.15) is 0 Å². The lowest BCUT2D eigenvalue weighted by atomic mass is 9.78. The zero-order valence-electron chi connectivity index (χ0n) is 17.2. The van der Waals surface area contributed by atoms with Gasteiger partial charge in [0, 0.05) is 19.9 Å². The van der Waals surface area contributed by atoms with Crippen molar-refractivity contribution in [2.45, 2.75) is 63.8 Å². The highest BCUT2D eigenvalue weighted by molar-refractivity contribution is 6.02. The highest BCUT2D eigenvalue weighted by Gasteiger charge is 2.42. The second-order valence-corrected chi connectivity index (χ2v) is 8.84. The van der Waals surface area contributed by atoms with Gasteiger partial charge in [0.25, 0.3) is 0 Å². The van der Waals surface area contributed by atoms with Gasteiger partial charge in [0.1, 0.15) is 6.04 Å². The van der Waals surface area contributed by atoms with E-state index in [4.69, 9.17) is 5.11 Å². The molecule has 2 heterocycles. The maximum absolute atomic E-state index is 12.3. The fourth-order valence-electron chi connectivity index (χ4n) is 5.13. The summed E-state index contributed by atoms with van der Waals surface area (Å²) in [5.74, 6) is -0.516. The van der Waals surface area contributed by atoms with Crippen LogP contribution in [0.2, 0.25) is 0 Å². The Hall–Kier alpha value is -2.61.